The smallest absolute Gasteiger partial charge is 0.224 e. The maximum atomic E-state index is 14.3. The van der Waals surface area contributed by atoms with Crippen LogP contribution in [0.3, 0.4) is 0 Å². The molecule has 0 bridgehead atoms. The third-order valence-electron chi connectivity index (χ3n) is 4.53. The Kier molecular flexibility index (Phi) is 5.32. The molecule has 26 heavy (non-hydrogen) atoms. The second-order valence-electron chi connectivity index (χ2n) is 6.49. The van der Waals surface area contributed by atoms with Crippen molar-refractivity contribution in [3.05, 3.63) is 63.9 Å². The second-order valence-corrected chi connectivity index (χ2v) is 6.92. The normalized spacial score (nSPS) is 19.5. The number of benzene rings is 1. The van der Waals surface area contributed by atoms with Crippen molar-refractivity contribution in [1.82, 2.24) is 10.3 Å². The summed E-state index contributed by atoms with van der Waals surface area (Å²) in [6.07, 6.45) is 1.37. The van der Waals surface area contributed by atoms with Crippen molar-refractivity contribution in [1.29, 1.82) is 0 Å². The number of pyridine rings is 1. The summed E-state index contributed by atoms with van der Waals surface area (Å²) in [5.74, 6) is -3.50. The zero-order chi connectivity index (χ0) is 18.8. The topological polar surface area (TPSA) is 59.1 Å². The van der Waals surface area contributed by atoms with E-state index >= 15 is 0 Å². The average molecular weight is 379 g/mol. The van der Waals surface area contributed by atoms with Crippen molar-refractivity contribution in [2.75, 3.05) is 6.54 Å². The number of nitrogens with one attached hydrogen (secondary N) is 1. The first-order valence-corrected chi connectivity index (χ1v) is 8.58. The zero-order valence-corrected chi connectivity index (χ0v) is 14.8. The van der Waals surface area contributed by atoms with E-state index in [-0.39, 0.29) is 36.6 Å². The van der Waals surface area contributed by atoms with E-state index in [1.54, 1.807) is 19.1 Å². The lowest BCUT2D eigenvalue weighted by molar-refractivity contribution is -0.127. The van der Waals surface area contributed by atoms with Gasteiger partial charge in [-0.15, -0.1) is 0 Å². The summed E-state index contributed by atoms with van der Waals surface area (Å²) in [4.78, 5) is 28.6. The molecule has 4 nitrogen and oxygen atoms in total. The summed E-state index contributed by atoms with van der Waals surface area (Å²) < 4.78 is 28.6. The SMILES string of the molecule is Cc1cc(F)c([C@@H]2CNC(=O)[C@H]2CC(=O)Cc2ccc(Cl)cn2)c(F)c1. The summed E-state index contributed by atoms with van der Waals surface area (Å²) in [5, 5.41) is 3.07. The molecule has 1 aromatic carbocycles. The number of carbonyl (C=O) groups excluding carboxylic acids is 2. The minimum absolute atomic E-state index is 0.0343. The van der Waals surface area contributed by atoms with Crippen molar-refractivity contribution in [2.45, 2.75) is 25.7 Å². The Morgan fingerprint density at radius 3 is 2.62 bits per heavy atom. The molecule has 0 radical (unpaired) electrons. The fourth-order valence-corrected chi connectivity index (χ4v) is 3.41. The van der Waals surface area contributed by atoms with E-state index in [4.69, 9.17) is 11.6 Å². The van der Waals surface area contributed by atoms with Crippen LogP contribution in [-0.4, -0.2) is 23.2 Å². The number of ketones is 1. The minimum Gasteiger partial charge on any atom is -0.355 e. The molecule has 0 aliphatic carbocycles. The van der Waals surface area contributed by atoms with E-state index < -0.39 is 23.5 Å². The molecule has 1 aromatic heterocycles. The molecule has 2 heterocycles. The van der Waals surface area contributed by atoms with Crippen LogP contribution in [-0.2, 0) is 16.0 Å². The van der Waals surface area contributed by atoms with Gasteiger partial charge >= 0.3 is 0 Å². The van der Waals surface area contributed by atoms with E-state index in [1.165, 1.54) is 18.3 Å². The van der Waals surface area contributed by atoms with Gasteiger partial charge in [0.05, 0.1) is 10.9 Å². The third-order valence-corrected chi connectivity index (χ3v) is 4.75. The van der Waals surface area contributed by atoms with Crippen molar-refractivity contribution < 1.29 is 18.4 Å². The molecule has 0 spiro atoms. The van der Waals surface area contributed by atoms with Crippen LogP contribution in [0.2, 0.25) is 5.02 Å². The first-order chi connectivity index (χ1) is 12.3. The van der Waals surface area contributed by atoms with Gasteiger partial charge in [-0.2, -0.15) is 0 Å². The number of aryl methyl sites for hydroxylation is 1. The van der Waals surface area contributed by atoms with Gasteiger partial charge in [-0.1, -0.05) is 11.6 Å². The highest BCUT2D eigenvalue weighted by molar-refractivity contribution is 6.30. The van der Waals surface area contributed by atoms with Crippen LogP contribution in [0, 0.1) is 24.5 Å². The van der Waals surface area contributed by atoms with Gasteiger partial charge in [0.25, 0.3) is 0 Å². The second kappa shape index (κ2) is 7.50. The molecule has 3 rings (SSSR count). The van der Waals surface area contributed by atoms with Gasteiger partial charge < -0.3 is 5.32 Å². The summed E-state index contributed by atoms with van der Waals surface area (Å²) in [7, 11) is 0. The van der Waals surface area contributed by atoms with Gasteiger partial charge in [-0.3, -0.25) is 14.6 Å². The number of rotatable bonds is 5. The average Bonchev–Trinajstić information content (AvgIpc) is 2.90. The number of carbonyl (C=O) groups is 2. The van der Waals surface area contributed by atoms with E-state index in [2.05, 4.69) is 10.3 Å². The lowest BCUT2D eigenvalue weighted by atomic mass is 9.83. The maximum absolute atomic E-state index is 14.3. The van der Waals surface area contributed by atoms with Crippen molar-refractivity contribution in [3.8, 4) is 0 Å². The Morgan fingerprint density at radius 2 is 2.00 bits per heavy atom. The van der Waals surface area contributed by atoms with Gasteiger partial charge in [0.2, 0.25) is 5.91 Å². The Balaban J connectivity index is 1.78. The zero-order valence-electron chi connectivity index (χ0n) is 14.1. The highest BCUT2D eigenvalue weighted by atomic mass is 35.5. The number of hydrogen-bond donors (Lipinski definition) is 1. The highest BCUT2D eigenvalue weighted by Gasteiger charge is 2.39. The number of Topliss-reactive ketones (excluding diaryl/α,β-unsaturated/α-hetero) is 1. The molecule has 136 valence electrons. The summed E-state index contributed by atoms with van der Waals surface area (Å²) in [6.45, 7) is 1.70. The van der Waals surface area contributed by atoms with E-state index in [9.17, 15) is 18.4 Å². The molecule has 0 unspecified atom stereocenters. The van der Waals surface area contributed by atoms with Crippen LogP contribution in [0.4, 0.5) is 8.78 Å². The lowest BCUT2D eigenvalue weighted by Gasteiger charge is -2.18. The fourth-order valence-electron chi connectivity index (χ4n) is 3.30. The molecule has 2 aromatic rings. The lowest BCUT2D eigenvalue weighted by Crippen LogP contribution is -2.23. The number of halogens is 3. The monoisotopic (exact) mass is 378 g/mol. The van der Waals surface area contributed by atoms with Crippen LogP contribution >= 0.6 is 11.6 Å². The van der Waals surface area contributed by atoms with Crippen LogP contribution in [0.15, 0.2) is 30.5 Å². The van der Waals surface area contributed by atoms with Gasteiger partial charge in [0, 0.05) is 42.8 Å². The van der Waals surface area contributed by atoms with Gasteiger partial charge in [0.1, 0.15) is 17.4 Å². The molecule has 1 amide bonds. The van der Waals surface area contributed by atoms with Gasteiger partial charge in [-0.25, -0.2) is 8.78 Å². The molecule has 1 aliphatic rings. The van der Waals surface area contributed by atoms with E-state index in [1.807, 2.05) is 0 Å². The predicted octanol–water partition coefficient (Wildman–Crippen LogP) is 3.35. The molecule has 2 atom stereocenters. The summed E-state index contributed by atoms with van der Waals surface area (Å²) >= 11 is 5.76. The first-order valence-electron chi connectivity index (χ1n) is 8.20. The Morgan fingerprint density at radius 1 is 1.31 bits per heavy atom. The Bertz CT molecular complexity index is 832. The number of nitrogens with zero attached hydrogens (tertiary/aromatic N) is 1. The van der Waals surface area contributed by atoms with E-state index in [0.29, 0.717) is 16.3 Å². The third kappa shape index (κ3) is 3.90. The Hall–Kier alpha value is -2.34. The first kappa shape index (κ1) is 18.5. The molecular weight excluding hydrogens is 362 g/mol. The number of aromatic nitrogens is 1. The molecule has 1 saturated heterocycles. The number of amides is 1. The van der Waals surface area contributed by atoms with Crippen LogP contribution in [0.25, 0.3) is 0 Å². The summed E-state index contributed by atoms with van der Waals surface area (Å²) in [5.41, 5.74) is 0.848. The molecule has 7 heteroatoms. The minimum atomic E-state index is -0.804. The quantitative estimate of drug-likeness (QED) is 0.868. The van der Waals surface area contributed by atoms with Gasteiger partial charge in [-0.05, 0) is 36.8 Å². The number of hydrogen-bond acceptors (Lipinski definition) is 3. The molecule has 1 N–H and O–H groups in total. The molecule has 0 saturated carbocycles. The van der Waals surface area contributed by atoms with E-state index in [0.717, 1.165) is 0 Å². The van der Waals surface area contributed by atoms with Crippen molar-refractivity contribution >= 4 is 23.3 Å². The van der Waals surface area contributed by atoms with Crippen LogP contribution in [0.5, 0.6) is 0 Å². The fraction of sp³-hybridized carbons (Fsp3) is 0.316. The molecule has 1 aliphatic heterocycles. The highest BCUT2D eigenvalue weighted by Crippen LogP contribution is 2.35. The van der Waals surface area contributed by atoms with Gasteiger partial charge in [0.15, 0.2) is 0 Å². The molecular formula is C19H17ClF2N2O2. The standard InChI is InChI=1S/C19H17ClF2N2O2/c1-10-4-16(21)18(17(22)5-10)15-9-24-19(26)14(15)7-13(25)6-12-3-2-11(20)8-23-12/h2-5,8,14-15H,6-7,9H2,1H3,(H,24,26)/t14-,15+/m0/s1. The Labute approximate surface area is 154 Å². The van der Waals surface area contributed by atoms with Crippen molar-refractivity contribution in [3.63, 3.8) is 0 Å². The van der Waals surface area contributed by atoms with Crippen LogP contribution in [0.1, 0.15) is 29.2 Å². The predicted molar refractivity (Wildman–Crippen MR) is 92.9 cm³/mol. The summed E-state index contributed by atoms with van der Waals surface area (Å²) in [6, 6.07) is 5.72. The maximum Gasteiger partial charge on any atom is 0.224 e. The van der Waals surface area contributed by atoms with Crippen LogP contribution < -0.4 is 5.32 Å². The van der Waals surface area contributed by atoms with Crippen molar-refractivity contribution in [2.24, 2.45) is 5.92 Å². The molecule has 1 fully saturated rings. The largest absolute Gasteiger partial charge is 0.355 e.